The zero-order valence-electron chi connectivity index (χ0n) is 10.3. The van der Waals surface area contributed by atoms with Gasteiger partial charge in [-0.25, -0.2) is 0 Å². The zero-order chi connectivity index (χ0) is 11.5. The molecule has 1 fully saturated rings. The van der Waals surface area contributed by atoms with Crippen LogP contribution in [0, 0.1) is 0 Å². The van der Waals surface area contributed by atoms with Crippen LogP contribution >= 0.6 is 0 Å². The van der Waals surface area contributed by atoms with Crippen molar-refractivity contribution < 1.29 is 0 Å². The standard InChI is InChI=1S/C14H22N2/c1-3-8-16-10-13(9-11(16)2)12-4-6-14(15)7-5-12/h4-7,11,13H,3,8-10,15H2,1-2H3/t11-,13+/m0/s1. The molecule has 1 aliphatic heterocycles. The Labute approximate surface area is 98.4 Å². The Hall–Kier alpha value is -1.02. The highest BCUT2D eigenvalue weighted by Gasteiger charge is 2.28. The number of benzene rings is 1. The predicted molar refractivity (Wildman–Crippen MR) is 69.5 cm³/mol. The second kappa shape index (κ2) is 4.88. The van der Waals surface area contributed by atoms with Gasteiger partial charge < -0.3 is 10.6 Å². The van der Waals surface area contributed by atoms with Crippen LogP contribution in [0.5, 0.6) is 0 Å². The molecule has 2 N–H and O–H groups in total. The van der Waals surface area contributed by atoms with Gasteiger partial charge in [0.2, 0.25) is 0 Å². The average molecular weight is 218 g/mol. The van der Waals surface area contributed by atoms with E-state index < -0.39 is 0 Å². The highest BCUT2D eigenvalue weighted by Crippen LogP contribution is 2.31. The molecule has 0 aliphatic carbocycles. The number of nitrogen functional groups attached to an aromatic ring is 1. The van der Waals surface area contributed by atoms with Crippen LogP contribution in [0.4, 0.5) is 5.69 Å². The number of likely N-dealkylation sites (tertiary alicyclic amines) is 1. The van der Waals surface area contributed by atoms with Crippen LogP contribution < -0.4 is 5.73 Å². The van der Waals surface area contributed by atoms with Crippen molar-refractivity contribution in [1.82, 2.24) is 4.90 Å². The minimum atomic E-state index is 0.696. The largest absolute Gasteiger partial charge is 0.399 e. The number of nitrogens with two attached hydrogens (primary N) is 1. The topological polar surface area (TPSA) is 29.3 Å². The average Bonchev–Trinajstić information content (AvgIpc) is 2.62. The molecule has 0 aromatic heterocycles. The molecular weight excluding hydrogens is 196 g/mol. The van der Waals surface area contributed by atoms with Gasteiger partial charge in [-0.15, -0.1) is 0 Å². The van der Waals surface area contributed by atoms with Crippen molar-refractivity contribution in [2.24, 2.45) is 0 Å². The lowest BCUT2D eigenvalue weighted by Crippen LogP contribution is -2.27. The number of hydrogen-bond acceptors (Lipinski definition) is 2. The number of nitrogens with zero attached hydrogens (tertiary/aromatic N) is 1. The summed E-state index contributed by atoms with van der Waals surface area (Å²) >= 11 is 0. The molecule has 2 atom stereocenters. The van der Waals surface area contributed by atoms with Gasteiger partial charge >= 0.3 is 0 Å². The molecule has 2 nitrogen and oxygen atoms in total. The minimum Gasteiger partial charge on any atom is -0.399 e. The van der Waals surface area contributed by atoms with E-state index in [2.05, 4.69) is 30.9 Å². The summed E-state index contributed by atoms with van der Waals surface area (Å²) in [5.74, 6) is 0.696. The summed E-state index contributed by atoms with van der Waals surface area (Å²) in [7, 11) is 0. The van der Waals surface area contributed by atoms with E-state index in [0.29, 0.717) is 5.92 Å². The van der Waals surface area contributed by atoms with Gasteiger partial charge in [0.05, 0.1) is 0 Å². The Morgan fingerprint density at radius 2 is 2.00 bits per heavy atom. The van der Waals surface area contributed by atoms with Crippen molar-refractivity contribution in [1.29, 1.82) is 0 Å². The highest BCUT2D eigenvalue weighted by atomic mass is 15.2. The SMILES string of the molecule is CCCN1C[C@H](c2ccc(N)cc2)C[C@@H]1C. The molecule has 0 amide bonds. The lowest BCUT2D eigenvalue weighted by atomic mass is 9.96. The van der Waals surface area contributed by atoms with Crippen LogP contribution in [0.25, 0.3) is 0 Å². The van der Waals surface area contributed by atoms with Gasteiger partial charge in [-0.2, -0.15) is 0 Å². The fourth-order valence-corrected chi connectivity index (χ4v) is 2.71. The lowest BCUT2D eigenvalue weighted by Gasteiger charge is -2.19. The molecule has 88 valence electrons. The third kappa shape index (κ3) is 2.38. The van der Waals surface area contributed by atoms with Crippen LogP contribution in [-0.2, 0) is 0 Å². The number of hydrogen-bond donors (Lipinski definition) is 1. The van der Waals surface area contributed by atoms with Crippen molar-refractivity contribution in [3.05, 3.63) is 29.8 Å². The summed E-state index contributed by atoms with van der Waals surface area (Å²) in [5.41, 5.74) is 8.02. The molecule has 2 heteroatoms. The maximum absolute atomic E-state index is 5.72. The fraction of sp³-hybridized carbons (Fsp3) is 0.571. The van der Waals surface area contributed by atoms with Crippen LogP contribution in [0.15, 0.2) is 24.3 Å². The molecule has 0 bridgehead atoms. The monoisotopic (exact) mass is 218 g/mol. The van der Waals surface area contributed by atoms with Crippen molar-refractivity contribution in [3.8, 4) is 0 Å². The van der Waals surface area contributed by atoms with Gasteiger partial charge in [0.15, 0.2) is 0 Å². The molecule has 0 radical (unpaired) electrons. The van der Waals surface area contributed by atoms with Crippen molar-refractivity contribution in [2.75, 3.05) is 18.8 Å². The summed E-state index contributed by atoms with van der Waals surface area (Å²) in [4.78, 5) is 2.60. The Kier molecular flexibility index (Phi) is 3.49. The number of rotatable bonds is 3. The first-order valence-corrected chi connectivity index (χ1v) is 6.30. The van der Waals surface area contributed by atoms with Crippen LogP contribution in [0.3, 0.4) is 0 Å². The van der Waals surface area contributed by atoms with E-state index >= 15 is 0 Å². The van der Waals surface area contributed by atoms with Crippen molar-refractivity contribution in [2.45, 2.75) is 38.6 Å². The molecule has 0 spiro atoms. The Balaban J connectivity index is 2.04. The molecule has 1 aromatic rings. The third-order valence-electron chi connectivity index (χ3n) is 3.62. The van der Waals surface area contributed by atoms with Crippen molar-refractivity contribution >= 4 is 5.69 Å². The summed E-state index contributed by atoms with van der Waals surface area (Å²) in [6.45, 7) is 7.03. The Bertz CT molecular complexity index is 331. The lowest BCUT2D eigenvalue weighted by molar-refractivity contribution is 0.268. The van der Waals surface area contributed by atoms with Gasteiger partial charge in [0.1, 0.15) is 0 Å². The maximum Gasteiger partial charge on any atom is 0.0314 e. The van der Waals surface area contributed by atoms with Gasteiger partial charge in [-0.1, -0.05) is 19.1 Å². The smallest absolute Gasteiger partial charge is 0.0314 e. The fourth-order valence-electron chi connectivity index (χ4n) is 2.71. The van der Waals surface area contributed by atoms with Crippen LogP contribution in [-0.4, -0.2) is 24.0 Å². The van der Waals surface area contributed by atoms with E-state index in [9.17, 15) is 0 Å². The summed E-state index contributed by atoms with van der Waals surface area (Å²) in [6, 6.07) is 9.12. The Morgan fingerprint density at radius 3 is 2.62 bits per heavy atom. The van der Waals surface area contributed by atoms with Crippen LogP contribution in [0.2, 0.25) is 0 Å². The molecule has 16 heavy (non-hydrogen) atoms. The van der Waals surface area contributed by atoms with Gasteiger partial charge in [-0.3, -0.25) is 0 Å². The third-order valence-corrected chi connectivity index (χ3v) is 3.62. The van der Waals surface area contributed by atoms with E-state index in [1.807, 2.05) is 12.1 Å². The number of anilines is 1. The van der Waals surface area contributed by atoms with Crippen LogP contribution in [0.1, 0.15) is 38.2 Å². The highest BCUT2D eigenvalue weighted by molar-refractivity contribution is 5.40. The van der Waals surface area contributed by atoms with E-state index in [1.165, 1.54) is 31.5 Å². The van der Waals surface area contributed by atoms with E-state index in [0.717, 1.165) is 11.7 Å². The molecule has 1 aliphatic rings. The summed E-state index contributed by atoms with van der Waals surface area (Å²) < 4.78 is 0. The van der Waals surface area contributed by atoms with E-state index in [4.69, 9.17) is 5.73 Å². The molecule has 1 aromatic carbocycles. The molecule has 1 heterocycles. The quantitative estimate of drug-likeness (QED) is 0.790. The van der Waals surface area contributed by atoms with Gasteiger partial charge in [-0.05, 0) is 49.9 Å². The van der Waals surface area contributed by atoms with E-state index in [1.54, 1.807) is 0 Å². The molecular formula is C14H22N2. The Morgan fingerprint density at radius 1 is 1.31 bits per heavy atom. The first-order chi connectivity index (χ1) is 7.70. The maximum atomic E-state index is 5.72. The first-order valence-electron chi connectivity index (χ1n) is 6.30. The zero-order valence-corrected chi connectivity index (χ0v) is 10.3. The second-order valence-corrected chi connectivity index (χ2v) is 4.94. The van der Waals surface area contributed by atoms with E-state index in [-0.39, 0.29) is 0 Å². The summed E-state index contributed by atoms with van der Waals surface area (Å²) in [5, 5.41) is 0. The molecule has 0 unspecified atom stereocenters. The second-order valence-electron chi connectivity index (χ2n) is 4.94. The van der Waals surface area contributed by atoms with Crippen molar-refractivity contribution in [3.63, 3.8) is 0 Å². The molecule has 2 rings (SSSR count). The first kappa shape index (κ1) is 11.5. The summed E-state index contributed by atoms with van der Waals surface area (Å²) in [6.07, 6.45) is 2.53. The molecule has 0 saturated carbocycles. The normalized spacial score (nSPS) is 26.1. The van der Waals surface area contributed by atoms with Gasteiger partial charge in [0.25, 0.3) is 0 Å². The predicted octanol–water partition coefficient (Wildman–Crippen LogP) is 2.86. The molecule has 1 saturated heterocycles. The van der Waals surface area contributed by atoms with Gasteiger partial charge in [0, 0.05) is 18.3 Å². The minimum absolute atomic E-state index is 0.696.